The number of nitrogens with zero attached hydrogens (tertiary/aromatic N) is 1. The molecule has 0 aromatic rings. The molecule has 3 heteroatoms. The van der Waals surface area contributed by atoms with Crippen LogP contribution in [0.25, 0.3) is 0 Å². The average molecular weight is 238 g/mol. The third-order valence-electron chi connectivity index (χ3n) is 4.86. The van der Waals surface area contributed by atoms with E-state index in [1.807, 2.05) is 0 Å². The third kappa shape index (κ3) is 2.65. The van der Waals surface area contributed by atoms with Gasteiger partial charge < -0.3 is 10.2 Å². The van der Waals surface area contributed by atoms with Gasteiger partial charge in [0.05, 0.1) is 6.04 Å². The molecule has 2 heterocycles. The molecule has 17 heavy (non-hydrogen) atoms. The summed E-state index contributed by atoms with van der Waals surface area (Å²) in [6, 6.07) is 0.105. The minimum atomic E-state index is 0.105. The van der Waals surface area contributed by atoms with Gasteiger partial charge >= 0.3 is 0 Å². The summed E-state index contributed by atoms with van der Waals surface area (Å²) in [5.74, 6) is 0.355. The van der Waals surface area contributed by atoms with E-state index in [1.165, 1.54) is 32.1 Å². The Morgan fingerprint density at radius 1 is 1.35 bits per heavy atom. The highest BCUT2D eigenvalue weighted by Gasteiger charge is 2.38. The molecule has 2 aliphatic heterocycles. The molecule has 2 aliphatic rings. The van der Waals surface area contributed by atoms with Gasteiger partial charge in [0.25, 0.3) is 0 Å². The largest absolute Gasteiger partial charge is 0.341 e. The molecule has 0 aromatic heterocycles. The zero-order valence-corrected chi connectivity index (χ0v) is 11.3. The zero-order chi connectivity index (χ0) is 12.3. The van der Waals surface area contributed by atoms with Crippen molar-refractivity contribution in [2.45, 2.75) is 58.4 Å². The van der Waals surface area contributed by atoms with E-state index in [4.69, 9.17) is 0 Å². The fourth-order valence-electron chi connectivity index (χ4n) is 3.23. The van der Waals surface area contributed by atoms with Crippen molar-refractivity contribution in [1.29, 1.82) is 0 Å². The lowest BCUT2D eigenvalue weighted by atomic mass is 9.82. The molecule has 0 aliphatic carbocycles. The second-order valence-electron chi connectivity index (χ2n) is 5.72. The van der Waals surface area contributed by atoms with Crippen LogP contribution in [0.15, 0.2) is 0 Å². The number of nitrogens with one attached hydrogen (secondary N) is 1. The Morgan fingerprint density at radius 3 is 2.65 bits per heavy atom. The Labute approximate surface area is 105 Å². The van der Waals surface area contributed by atoms with Crippen LogP contribution in [0.1, 0.15) is 52.4 Å². The van der Waals surface area contributed by atoms with Gasteiger partial charge in [0.2, 0.25) is 5.91 Å². The second-order valence-corrected chi connectivity index (χ2v) is 5.72. The summed E-state index contributed by atoms with van der Waals surface area (Å²) in [4.78, 5) is 14.5. The van der Waals surface area contributed by atoms with Gasteiger partial charge in [0.15, 0.2) is 0 Å². The quantitative estimate of drug-likeness (QED) is 0.817. The van der Waals surface area contributed by atoms with Crippen molar-refractivity contribution in [3.05, 3.63) is 0 Å². The van der Waals surface area contributed by atoms with E-state index >= 15 is 0 Å². The van der Waals surface area contributed by atoms with Crippen LogP contribution in [0.4, 0.5) is 0 Å². The maximum Gasteiger partial charge on any atom is 0.239 e. The fraction of sp³-hybridized carbons (Fsp3) is 0.929. The number of carbonyl (C=O) groups excluding carboxylic acids is 1. The molecule has 3 nitrogen and oxygen atoms in total. The van der Waals surface area contributed by atoms with Crippen LogP contribution in [0.5, 0.6) is 0 Å². The predicted molar refractivity (Wildman–Crippen MR) is 69.9 cm³/mol. The van der Waals surface area contributed by atoms with Crippen LogP contribution in [0, 0.1) is 5.41 Å². The van der Waals surface area contributed by atoms with E-state index in [0.717, 1.165) is 26.1 Å². The van der Waals surface area contributed by atoms with E-state index < -0.39 is 0 Å². The molecule has 98 valence electrons. The Bertz CT molecular complexity index is 267. The van der Waals surface area contributed by atoms with Gasteiger partial charge in [-0.25, -0.2) is 0 Å². The summed E-state index contributed by atoms with van der Waals surface area (Å²) in [5, 5.41) is 3.37. The minimum absolute atomic E-state index is 0.105. The summed E-state index contributed by atoms with van der Waals surface area (Å²) < 4.78 is 0. The number of hydrogen-bond donors (Lipinski definition) is 1. The molecule has 1 atom stereocenters. The van der Waals surface area contributed by atoms with Gasteiger partial charge in [-0.05, 0) is 44.1 Å². The van der Waals surface area contributed by atoms with E-state index in [2.05, 4.69) is 24.1 Å². The van der Waals surface area contributed by atoms with E-state index in [9.17, 15) is 4.79 Å². The van der Waals surface area contributed by atoms with Gasteiger partial charge in [0.1, 0.15) is 0 Å². The molecule has 0 saturated carbocycles. The molecule has 2 rings (SSSR count). The summed E-state index contributed by atoms with van der Waals surface area (Å²) in [5.41, 5.74) is 0.407. The zero-order valence-electron chi connectivity index (χ0n) is 11.3. The maximum atomic E-state index is 12.4. The van der Waals surface area contributed by atoms with Crippen LogP contribution in [0.2, 0.25) is 0 Å². The lowest BCUT2D eigenvalue weighted by Crippen LogP contribution is -2.48. The van der Waals surface area contributed by atoms with Crippen molar-refractivity contribution in [2.75, 3.05) is 19.6 Å². The summed E-state index contributed by atoms with van der Waals surface area (Å²) >= 11 is 0. The third-order valence-corrected chi connectivity index (χ3v) is 4.86. The van der Waals surface area contributed by atoms with Gasteiger partial charge in [-0.2, -0.15) is 0 Å². The number of carbonyl (C=O) groups is 1. The first-order valence-electron chi connectivity index (χ1n) is 7.23. The number of rotatable bonds is 3. The first-order valence-corrected chi connectivity index (χ1v) is 7.23. The smallest absolute Gasteiger partial charge is 0.239 e. The van der Waals surface area contributed by atoms with Crippen molar-refractivity contribution in [3.8, 4) is 0 Å². The number of amides is 1. The van der Waals surface area contributed by atoms with Crippen molar-refractivity contribution >= 4 is 5.91 Å². The lowest BCUT2D eigenvalue weighted by molar-refractivity contribution is -0.133. The van der Waals surface area contributed by atoms with Crippen molar-refractivity contribution in [3.63, 3.8) is 0 Å². The Morgan fingerprint density at radius 2 is 2.12 bits per heavy atom. The van der Waals surface area contributed by atoms with Crippen molar-refractivity contribution in [2.24, 2.45) is 5.41 Å². The lowest BCUT2D eigenvalue weighted by Gasteiger charge is -2.30. The summed E-state index contributed by atoms with van der Waals surface area (Å²) in [7, 11) is 0. The first-order chi connectivity index (χ1) is 8.21. The molecule has 0 radical (unpaired) electrons. The van der Waals surface area contributed by atoms with E-state index in [-0.39, 0.29) is 6.04 Å². The topological polar surface area (TPSA) is 32.3 Å². The van der Waals surface area contributed by atoms with Crippen molar-refractivity contribution < 1.29 is 4.79 Å². The Hall–Kier alpha value is -0.570. The number of piperidine rings is 1. The monoisotopic (exact) mass is 238 g/mol. The molecule has 2 saturated heterocycles. The number of hydrogen-bond acceptors (Lipinski definition) is 2. The molecule has 1 amide bonds. The van der Waals surface area contributed by atoms with Crippen LogP contribution in [-0.4, -0.2) is 36.5 Å². The Kier molecular flexibility index (Phi) is 4.08. The molecule has 0 aromatic carbocycles. The molecule has 0 spiro atoms. The maximum absolute atomic E-state index is 12.4. The van der Waals surface area contributed by atoms with Crippen LogP contribution < -0.4 is 5.32 Å². The molecule has 1 N–H and O–H groups in total. The van der Waals surface area contributed by atoms with E-state index in [0.29, 0.717) is 11.3 Å². The Balaban J connectivity index is 1.93. The highest BCUT2D eigenvalue weighted by atomic mass is 16.2. The fourth-order valence-corrected chi connectivity index (χ4v) is 3.23. The standard InChI is InChI=1S/C14H26N2O/c1-3-14(4-2)8-10-16(11-14)13(17)12-7-5-6-9-15-12/h12,15H,3-11H2,1-2H3/t12-/m0/s1. The summed E-state index contributed by atoms with van der Waals surface area (Å²) in [6.07, 6.45) is 7.04. The van der Waals surface area contributed by atoms with Gasteiger partial charge in [-0.3, -0.25) is 4.79 Å². The highest BCUT2D eigenvalue weighted by Crippen LogP contribution is 2.37. The van der Waals surface area contributed by atoms with Crippen LogP contribution in [-0.2, 0) is 4.79 Å². The predicted octanol–water partition coefficient (Wildman–Crippen LogP) is 2.17. The SMILES string of the molecule is CCC1(CC)CCN(C(=O)[C@@H]2CCCCN2)C1. The van der Waals surface area contributed by atoms with Crippen molar-refractivity contribution in [1.82, 2.24) is 10.2 Å². The van der Waals surface area contributed by atoms with E-state index in [1.54, 1.807) is 0 Å². The first kappa shape index (κ1) is 12.9. The van der Waals surface area contributed by atoms with Gasteiger partial charge in [-0.1, -0.05) is 20.3 Å². The minimum Gasteiger partial charge on any atom is -0.341 e. The van der Waals surface area contributed by atoms with Gasteiger partial charge in [-0.15, -0.1) is 0 Å². The molecule has 0 unspecified atom stereocenters. The molecule has 2 fully saturated rings. The normalized spacial score (nSPS) is 28.4. The molecular weight excluding hydrogens is 212 g/mol. The van der Waals surface area contributed by atoms with Crippen LogP contribution >= 0.6 is 0 Å². The average Bonchev–Trinajstić information content (AvgIpc) is 2.84. The second kappa shape index (κ2) is 5.38. The highest BCUT2D eigenvalue weighted by molar-refractivity contribution is 5.82. The van der Waals surface area contributed by atoms with Crippen LogP contribution in [0.3, 0.4) is 0 Å². The molecule has 0 bridgehead atoms. The van der Waals surface area contributed by atoms with Gasteiger partial charge in [0, 0.05) is 13.1 Å². The number of likely N-dealkylation sites (tertiary alicyclic amines) is 1. The summed E-state index contributed by atoms with van der Waals surface area (Å²) in [6.45, 7) is 7.49. The molecular formula is C14H26N2O.